The first-order chi connectivity index (χ1) is 9.69. The molecule has 3 rings (SSSR count). The number of hydrogen-bond donors (Lipinski definition) is 1. The van der Waals surface area contributed by atoms with Gasteiger partial charge in [-0.1, -0.05) is 30.1 Å². The van der Waals surface area contributed by atoms with Gasteiger partial charge >= 0.3 is 0 Å². The largest absolute Gasteiger partial charge is 0.299 e. The van der Waals surface area contributed by atoms with Gasteiger partial charge in [-0.05, 0) is 31.2 Å². The molecule has 0 radical (unpaired) electrons. The van der Waals surface area contributed by atoms with Crippen molar-refractivity contribution in [3.63, 3.8) is 0 Å². The number of aromatic nitrogens is 2. The van der Waals surface area contributed by atoms with Gasteiger partial charge in [0.1, 0.15) is 0 Å². The lowest BCUT2D eigenvalue weighted by molar-refractivity contribution is 0.254. The number of fused-ring (bicyclic) bond motifs is 1. The molecule has 0 aliphatic carbocycles. The Bertz CT molecular complexity index is 622. The molecule has 0 bridgehead atoms. The SMILES string of the molecule is CCCN1CCc2[nH]nc(-c3ccc(Cl)cc3Cl)c2C1. The van der Waals surface area contributed by atoms with Crippen LogP contribution in [0.4, 0.5) is 0 Å². The van der Waals surface area contributed by atoms with E-state index in [0.29, 0.717) is 10.0 Å². The van der Waals surface area contributed by atoms with Crippen molar-refractivity contribution >= 4 is 23.2 Å². The molecule has 5 heteroatoms. The predicted octanol–water partition coefficient (Wildman–Crippen LogP) is 4.15. The summed E-state index contributed by atoms with van der Waals surface area (Å²) in [7, 11) is 0. The van der Waals surface area contributed by atoms with Crippen LogP contribution in [0.15, 0.2) is 18.2 Å². The van der Waals surface area contributed by atoms with Crippen molar-refractivity contribution in [2.75, 3.05) is 13.1 Å². The highest BCUT2D eigenvalue weighted by Gasteiger charge is 2.23. The Hall–Kier alpha value is -1.03. The molecule has 3 nitrogen and oxygen atoms in total. The molecule has 0 atom stereocenters. The molecule has 2 aromatic rings. The van der Waals surface area contributed by atoms with Gasteiger partial charge < -0.3 is 0 Å². The molecule has 0 saturated heterocycles. The Morgan fingerprint density at radius 1 is 1.35 bits per heavy atom. The standard InChI is InChI=1S/C15H17Cl2N3/c1-2-6-20-7-5-14-12(9-20)15(19-18-14)11-4-3-10(16)8-13(11)17/h3-4,8H,2,5-7,9H2,1H3,(H,18,19). The number of benzene rings is 1. The fourth-order valence-corrected chi connectivity index (χ4v) is 3.26. The van der Waals surface area contributed by atoms with Gasteiger partial charge in [-0.25, -0.2) is 0 Å². The molecular formula is C15H17Cl2N3. The van der Waals surface area contributed by atoms with Gasteiger partial charge in [0.25, 0.3) is 0 Å². The van der Waals surface area contributed by atoms with E-state index in [2.05, 4.69) is 22.0 Å². The number of hydrogen-bond acceptors (Lipinski definition) is 2. The maximum absolute atomic E-state index is 6.31. The summed E-state index contributed by atoms with van der Waals surface area (Å²) in [6.07, 6.45) is 2.19. The maximum Gasteiger partial charge on any atom is 0.0983 e. The number of H-pyrrole nitrogens is 1. The van der Waals surface area contributed by atoms with Crippen molar-refractivity contribution in [3.05, 3.63) is 39.5 Å². The van der Waals surface area contributed by atoms with E-state index in [4.69, 9.17) is 23.2 Å². The van der Waals surface area contributed by atoms with Gasteiger partial charge in [0.2, 0.25) is 0 Å². The molecule has 1 N–H and O–H groups in total. The average molecular weight is 310 g/mol. The summed E-state index contributed by atoms with van der Waals surface area (Å²) in [6.45, 7) is 5.37. The van der Waals surface area contributed by atoms with E-state index in [9.17, 15) is 0 Å². The van der Waals surface area contributed by atoms with E-state index < -0.39 is 0 Å². The molecule has 0 unspecified atom stereocenters. The third-order valence-electron chi connectivity index (χ3n) is 3.74. The van der Waals surface area contributed by atoms with Crippen LogP contribution >= 0.6 is 23.2 Å². The summed E-state index contributed by atoms with van der Waals surface area (Å²) in [5, 5.41) is 8.94. The minimum atomic E-state index is 0.649. The molecule has 1 aliphatic rings. The molecule has 1 aromatic carbocycles. The third kappa shape index (κ3) is 2.58. The van der Waals surface area contributed by atoms with Gasteiger partial charge in [-0.2, -0.15) is 5.10 Å². The number of aromatic amines is 1. The summed E-state index contributed by atoms with van der Waals surface area (Å²) < 4.78 is 0. The first kappa shape index (κ1) is 13.9. The number of nitrogens with one attached hydrogen (secondary N) is 1. The number of nitrogens with zero attached hydrogens (tertiary/aromatic N) is 2. The highest BCUT2D eigenvalue weighted by molar-refractivity contribution is 6.36. The van der Waals surface area contributed by atoms with Gasteiger partial charge in [0.05, 0.1) is 10.7 Å². The monoisotopic (exact) mass is 309 g/mol. The molecule has 2 heterocycles. The van der Waals surface area contributed by atoms with Crippen LogP contribution in [0.3, 0.4) is 0 Å². The molecular weight excluding hydrogens is 293 g/mol. The second kappa shape index (κ2) is 5.76. The zero-order chi connectivity index (χ0) is 14.1. The zero-order valence-electron chi connectivity index (χ0n) is 11.4. The second-order valence-corrected chi connectivity index (χ2v) is 6.02. The van der Waals surface area contributed by atoms with Crippen molar-refractivity contribution in [1.82, 2.24) is 15.1 Å². The molecule has 0 spiro atoms. The highest BCUT2D eigenvalue weighted by atomic mass is 35.5. The zero-order valence-corrected chi connectivity index (χ0v) is 12.9. The first-order valence-electron chi connectivity index (χ1n) is 6.93. The lowest BCUT2D eigenvalue weighted by Crippen LogP contribution is -2.31. The van der Waals surface area contributed by atoms with Crippen molar-refractivity contribution in [3.8, 4) is 11.3 Å². The quantitative estimate of drug-likeness (QED) is 0.923. The highest BCUT2D eigenvalue weighted by Crippen LogP contribution is 2.34. The summed E-state index contributed by atoms with van der Waals surface area (Å²) in [4.78, 5) is 2.46. The average Bonchev–Trinajstić information content (AvgIpc) is 2.82. The van der Waals surface area contributed by atoms with E-state index in [1.807, 2.05) is 12.1 Å². The smallest absolute Gasteiger partial charge is 0.0983 e. The van der Waals surface area contributed by atoms with Crippen LogP contribution in [0.25, 0.3) is 11.3 Å². The Balaban J connectivity index is 1.98. The topological polar surface area (TPSA) is 31.9 Å². The van der Waals surface area contributed by atoms with E-state index >= 15 is 0 Å². The second-order valence-electron chi connectivity index (χ2n) is 5.18. The van der Waals surface area contributed by atoms with E-state index in [0.717, 1.165) is 37.3 Å². The van der Waals surface area contributed by atoms with Crippen LogP contribution in [0.5, 0.6) is 0 Å². The molecule has 0 saturated carbocycles. The maximum atomic E-state index is 6.31. The van der Waals surface area contributed by atoms with Gasteiger partial charge in [-0.15, -0.1) is 0 Å². The fourth-order valence-electron chi connectivity index (χ4n) is 2.76. The van der Waals surface area contributed by atoms with Crippen molar-refractivity contribution in [2.45, 2.75) is 26.3 Å². The Kier molecular flexibility index (Phi) is 4.01. The van der Waals surface area contributed by atoms with Crippen LogP contribution in [0, 0.1) is 0 Å². The predicted molar refractivity (Wildman–Crippen MR) is 83.3 cm³/mol. The summed E-state index contributed by atoms with van der Waals surface area (Å²) in [6, 6.07) is 5.57. The van der Waals surface area contributed by atoms with Crippen LogP contribution in [0.1, 0.15) is 24.6 Å². The van der Waals surface area contributed by atoms with E-state index in [-0.39, 0.29) is 0 Å². The minimum absolute atomic E-state index is 0.649. The number of rotatable bonds is 3. The van der Waals surface area contributed by atoms with E-state index in [1.165, 1.54) is 17.7 Å². The Morgan fingerprint density at radius 2 is 2.20 bits per heavy atom. The third-order valence-corrected chi connectivity index (χ3v) is 4.29. The van der Waals surface area contributed by atoms with Crippen molar-refractivity contribution in [2.24, 2.45) is 0 Å². The van der Waals surface area contributed by atoms with Crippen LogP contribution < -0.4 is 0 Å². The van der Waals surface area contributed by atoms with Crippen LogP contribution in [-0.4, -0.2) is 28.2 Å². The first-order valence-corrected chi connectivity index (χ1v) is 7.68. The van der Waals surface area contributed by atoms with E-state index in [1.54, 1.807) is 6.07 Å². The van der Waals surface area contributed by atoms with Gasteiger partial charge in [-0.3, -0.25) is 10.00 Å². The molecule has 106 valence electrons. The van der Waals surface area contributed by atoms with Crippen molar-refractivity contribution in [1.29, 1.82) is 0 Å². The molecule has 1 aliphatic heterocycles. The fraction of sp³-hybridized carbons (Fsp3) is 0.400. The van der Waals surface area contributed by atoms with Crippen molar-refractivity contribution < 1.29 is 0 Å². The molecule has 0 amide bonds. The molecule has 1 aromatic heterocycles. The Labute approximate surface area is 128 Å². The normalized spacial score (nSPS) is 15.3. The molecule has 0 fully saturated rings. The summed E-state index contributed by atoms with van der Waals surface area (Å²) >= 11 is 12.3. The van der Waals surface area contributed by atoms with Crippen LogP contribution in [0.2, 0.25) is 10.0 Å². The lowest BCUT2D eigenvalue weighted by Gasteiger charge is -2.26. The van der Waals surface area contributed by atoms with Gasteiger partial charge in [0.15, 0.2) is 0 Å². The Morgan fingerprint density at radius 3 is 2.95 bits per heavy atom. The van der Waals surface area contributed by atoms with Crippen LogP contribution in [-0.2, 0) is 13.0 Å². The van der Waals surface area contributed by atoms with Gasteiger partial charge in [0, 0.05) is 41.4 Å². The minimum Gasteiger partial charge on any atom is -0.299 e. The number of halogens is 2. The summed E-state index contributed by atoms with van der Waals surface area (Å²) in [5.41, 5.74) is 4.42. The lowest BCUT2D eigenvalue weighted by atomic mass is 10.0. The summed E-state index contributed by atoms with van der Waals surface area (Å²) in [5.74, 6) is 0. The molecule has 20 heavy (non-hydrogen) atoms.